The molecule has 0 fully saturated rings. The number of hydrogen-bond acceptors (Lipinski definition) is 5. The van der Waals surface area contributed by atoms with Crippen molar-refractivity contribution in [2.75, 3.05) is 13.2 Å². The van der Waals surface area contributed by atoms with Crippen molar-refractivity contribution in [2.45, 2.75) is 32.6 Å². The normalized spacial score (nSPS) is 10.3. The predicted octanol–water partition coefficient (Wildman–Crippen LogP) is 5.65. The minimum atomic E-state index is -0.468. The van der Waals surface area contributed by atoms with Gasteiger partial charge in [0.05, 0.1) is 15.6 Å². The van der Waals surface area contributed by atoms with E-state index < -0.39 is 11.8 Å². The fourth-order valence-electron chi connectivity index (χ4n) is 2.57. The first-order valence-electron chi connectivity index (χ1n) is 10.2. The third kappa shape index (κ3) is 9.99. The third-order valence-corrected chi connectivity index (χ3v) is 6.18. The van der Waals surface area contributed by atoms with Gasteiger partial charge in [-0.05, 0) is 86.9 Å². The van der Waals surface area contributed by atoms with E-state index in [1.54, 1.807) is 36.4 Å². The van der Waals surface area contributed by atoms with Crippen LogP contribution in [0.4, 0.5) is 0 Å². The predicted molar refractivity (Wildman–Crippen MR) is 142 cm³/mol. The van der Waals surface area contributed by atoms with Gasteiger partial charge in [-0.1, -0.05) is 42.1 Å². The molecular formula is C22H24Br3N3O4S. The lowest BCUT2D eigenvalue weighted by Crippen LogP contribution is -2.49. The van der Waals surface area contributed by atoms with Gasteiger partial charge >= 0.3 is 0 Å². The Morgan fingerprint density at radius 3 is 2.30 bits per heavy atom. The quantitative estimate of drug-likeness (QED) is 0.173. The van der Waals surface area contributed by atoms with Crippen LogP contribution in [0.25, 0.3) is 0 Å². The summed E-state index contributed by atoms with van der Waals surface area (Å²) in [6, 6.07) is 10.4. The summed E-state index contributed by atoms with van der Waals surface area (Å²) in [6.45, 7) is 2.55. The van der Waals surface area contributed by atoms with Crippen LogP contribution in [0.15, 0.2) is 49.8 Å². The molecule has 33 heavy (non-hydrogen) atoms. The topological polar surface area (TPSA) is 88.7 Å². The first-order chi connectivity index (χ1) is 15.8. The van der Waals surface area contributed by atoms with E-state index in [9.17, 15) is 9.59 Å². The summed E-state index contributed by atoms with van der Waals surface area (Å²) >= 11 is 15.2. The summed E-state index contributed by atoms with van der Waals surface area (Å²) in [6.07, 6.45) is 4.48. The first kappa shape index (κ1) is 27.6. The summed E-state index contributed by atoms with van der Waals surface area (Å²) < 4.78 is 13.5. The highest BCUT2D eigenvalue weighted by Gasteiger charge is 2.12. The van der Waals surface area contributed by atoms with Crippen LogP contribution in [-0.2, 0) is 4.79 Å². The van der Waals surface area contributed by atoms with Crippen molar-refractivity contribution < 1.29 is 19.1 Å². The lowest BCUT2D eigenvalue weighted by atomic mass is 10.2. The van der Waals surface area contributed by atoms with Gasteiger partial charge in [0, 0.05) is 10.0 Å². The van der Waals surface area contributed by atoms with Gasteiger partial charge in [-0.15, -0.1) is 0 Å². The van der Waals surface area contributed by atoms with Gasteiger partial charge in [0.15, 0.2) is 11.7 Å². The summed E-state index contributed by atoms with van der Waals surface area (Å²) in [5, 5.41) is 2.45. The second-order valence-electron chi connectivity index (χ2n) is 6.87. The van der Waals surface area contributed by atoms with Gasteiger partial charge in [-0.3, -0.25) is 25.8 Å². The average Bonchev–Trinajstić information content (AvgIpc) is 2.77. The SMILES string of the molecule is CCCCCCOc1ccc(C(=O)NC(=S)NNC(=O)COc2ccc(Br)cc2Br)cc1Br. The molecule has 0 unspecified atom stereocenters. The molecule has 0 atom stereocenters. The summed E-state index contributed by atoms with van der Waals surface area (Å²) in [7, 11) is 0. The average molecular weight is 666 g/mol. The molecule has 0 bridgehead atoms. The van der Waals surface area contributed by atoms with E-state index in [1.165, 1.54) is 12.8 Å². The van der Waals surface area contributed by atoms with E-state index in [0.29, 0.717) is 32.6 Å². The standard InChI is InChI=1S/C22H24Br3N3O4S/c1-2-3-4-5-10-31-18-8-6-14(11-16(18)24)21(30)26-22(33)28-27-20(29)13-32-19-9-7-15(23)12-17(19)25/h6-9,11-12H,2-5,10,13H2,1H3,(H,27,29)(H2,26,28,30,33). The Morgan fingerprint density at radius 2 is 1.61 bits per heavy atom. The van der Waals surface area contributed by atoms with E-state index in [-0.39, 0.29) is 11.7 Å². The molecule has 11 heteroatoms. The van der Waals surface area contributed by atoms with Crippen LogP contribution in [0.3, 0.4) is 0 Å². The number of unbranched alkanes of at least 4 members (excludes halogenated alkanes) is 3. The number of nitrogens with one attached hydrogen (secondary N) is 3. The van der Waals surface area contributed by atoms with Crippen LogP contribution < -0.4 is 25.6 Å². The number of amides is 2. The van der Waals surface area contributed by atoms with Crippen LogP contribution >= 0.6 is 60.0 Å². The monoisotopic (exact) mass is 663 g/mol. The zero-order valence-electron chi connectivity index (χ0n) is 17.9. The Labute approximate surface area is 223 Å². The fraction of sp³-hybridized carbons (Fsp3) is 0.318. The number of carbonyl (C=O) groups excluding carboxylic acids is 2. The highest BCUT2D eigenvalue weighted by atomic mass is 79.9. The summed E-state index contributed by atoms with van der Waals surface area (Å²) in [5.74, 6) is 0.299. The number of rotatable bonds is 10. The van der Waals surface area contributed by atoms with E-state index in [4.69, 9.17) is 21.7 Å². The van der Waals surface area contributed by atoms with Gasteiger partial charge in [0.2, 0.25) is 0 Å². The summed E-state index contributed by atoms with van der Waals surface area (Å²) in [5.41, 5.74) is 5.24. The zero-order valence-corrected chi connectivity index (χ0v) is 23.5. The first-order valence-corrected chi connectivity index (χ1v) is 13.0. The zero-order chi connectivity index (χ0) is 24.2. The van der Waals surface area contributed by atoms with Crippen LogP contribution in [0.2, 0.25) is 0 Å². The number of benzene rings is 2. The highest BCUT2D eigenvalue weighted by Crippen LogP contribution is 2.28. The van der Waals surface area contributed by atoms with Crippen molar-refractivity contribution >= 4 is 76.9 Å². The van der Waals surface area contributed by atoms with Crippen LogP contribution in [-0.4, -0.2) is 30.1 Å². The van der Waals surface area contributed by atoms with Gasteiger partial charge in [0.25, 0.3) is 11.8 Å². The molecular weight excluding hydrogens is 642 g/mol. The molecule has 0 aromatic heterocycles. The molecule has 0 aliphatic rings. The largest absolute Gasteiger partial charge is 0.492 e. The van der Waals surface area contributed by atoms with E-state index in [0.717, 1.165) is 17.3 Å². The fourth-order valence-corrected chi connectivity index (χ4v) is 4.37. The molecule has 2 aromatic carbocycles. The molecule has 0 spiro atoms. The van der Waals surface area contributed by atoms with Gasteiger partial charge < -0.3 is 9.47 Å². The number of hydrogen-bond donors (Lipinski definition) is 3. The smallest absolute Gasteiger partial charge is 0.276 e. The van der Waals surface area contributed by atoms with E-state index in [2.05, 4.69) is 70.9 Å². The number of halogens is 3. The Balaban J connectivity index is 1.75. The molecule has 3 N–H and O–H groups in total. The molecule has 2 rings (SSSR count). The molecule has 0 aliphatic carbocycles. The maximum atomic E-state index is 12.4. The van der Waals surface area contributed by atoms with Crippen molar-refractivity contribution in [2.24, 2.45) is 0 Å². The Kier molecular flexibility index (Phi) is 12.1. The van der Waals surface area contributed by atoms with Crippen LogP contribution in [0.5, 0.6) is 11.5 Å². The minimum absolute atomic E-state index is 0.0504. The molecule has 2 aromatic rings. The third-order valence-electron chi connectivity index (χ3n) is 4.24. The van der Waals surface area contributed by atoms with E-state index >= 15 is 0 Å². The molecule has 0 saturated heterocycles. The Morgan fingerprint density at radius 1 is 0.909 bits per heavy atom. The molecule has 178 valence electrons. The minimum Gasteiger partial charge on any atom is -0.492 e. The lowest BCUT2D eigenvalue weighted by molar-refractivity contribution is -0.123. The molecule has 0 radical (unpaired) electrons. The maximum Gasteiger partial charge on any atom is 0.276 e. The highest BCUT2D eigenvalue weighted by molar-refractivity contribution is 9.11. The number of thiocarbonyl (C=S) groups is 1. The second kappa shape index (κ2) is 14.5. The van der Waals surface area contributed by atoms with Crippen molar-refractivity contribution in [3.05, 3.63) is 55.4 Å². The molecule has 0 aliphatic heterocycles. The molecule has 0 heterocycles. The lowest BCUT2D eigenvalue weighted by Gasteiger charge is -2.13. The molecule has 2 amide bonds. The van der Waals surface area contributed by atoms with Gasteiger partial charge in [0.1, 0.15) is 11.5 Å². The van der Waals surface area contributed by atoms with Gasteiger partial charge in [-0.25, -0.2) is 0 Å². The molecule has 0 saturated carbocycles. The number of carbonyl (C=O) groups is 2. The van der Waals surface area contributed by atoms with Crippen LogP contribution in [0, 0.1) is 0 Å². The van der Waals surface area contributed by atoms with Crippen molar-refractivity contribution in [1.82, 2.24) is 16.2 Å². The molecule has 7 nitrogen and oxygen atoms in total. The van der Waals surface area contributed by atoms with E-state index in [1.807, 2.05) is 0 Å². The second-order valence-corrected chi connectivity index (χ2v) is 9.91. The van der Waals surface area contributed by atoms with Crippen LogP contribution in [0.1, 0.15) is 43.0 Å². The van der Waals surface area contributed by atoms with Crippen molar-refractivity contribution in [3.8, 4) is 11.5 Å². The van der Waals surface area contributed by atoms with Gasteiger partial charge in [-0.2, -0.15) is 0 Å². The number of hydrazine groups is 1. The van der Waals surface area contributed by atoms with Crippen molar-refractivity contribution in [3.63, 3.8) is 0 Å². The van der Waals surface area contributed by atoms with Crippen molar-refractivity contribution in [1.29, 1.82) is 0 Å². The Bertz CT molecular complexity index is 991. The maximum absolute atomic E-state index is 12.4. The summed E-state index contributed by atoms with van der Waals surface area (Å²) in [4.78, 5) is 24.4. The number of ether oxygens (including phenoxy) is 2. The Hall–Kier alpha value is -1.69.